The Bertz CT molecular complexity index is 2570. The van der Waals surface area contributed by atoms with Gasteiger partial charge in [-0.2, -0.15) is 0 Å². The molecule has 0 N–H and O–H groups in total. The predicted octanol–water partition coefficient (Wildman–Crippen LogP) is 12.3. The van der Waals surface area contributed by atoms with E-state index >= 15 is 0 Å². The summed E-state index contributed by atoms with van der Waals surface area (Å²) >= 11 is 0. The third kappa shape index (κ3) is 5.09. The van der Waals surface area contributed by atoms with E-state index in [1.807, 2.05) is 12.1 Å². The average molecular weight is 674 g/mol. The van der Waals surface area contributed by atoms with Crippen LogP contribution in [0.3, 0.4) is 0 Å². The van der Waals surface area contributed by atoms with Crippen LogP contribution in [0, 0.1) is 0 Å². The summed E-state index contributed by atoms with van der Waals surface area (Å²) in [6.07, 6.45) is 11.4. The van der Waals surface area contributed by atoms with Crippen LogP contribution in [0.25, 0.3) is 44.7 Å². The molecule has 2 atom stereocenters. The van der Waals surface area contributed by atoms with Crippen LogP contribution >= 0.6 is 0 Å². The first-order chi connectivity index (χ1) is 25.2. The van der Waals surface area contributed by atoms with E-state index in [4.69, 9.17) is 9.15 Å². The van der Waals surface area contributed by atoms with Crippen molar-refractivity contribution in [3.8, 4) is 16.9 Å². The minimum Gasteiger partial charge on any atom is -0.484 e. The zero-order valence-corrected chi connectivity index (χ0v) is 29.3. The Morgan fingerprint density at radius 1 is 0.667 bits per heavy atom. The Morgan fingerprint density at radius 3 is 2.39 bits per heavy atom. The van der Waals surface area contributed by atoms with E-state index in [9.17, 15) is 0 Å². The highest BCUT2D eigenvalue weighted by molar-refractivity contribution is 6.44. The van der Waals surface area contributed by atoms with Crippen LogP contribution < -0.4 is 9.64 Å². The summed E-state index contributed by atoms with van der Waals surface area (Å²) in [7, 11) is 0.698. The van der Waals surface area contributed by atoms with Crippen LogP contribution in [0.4, 0.5) is 17.1 Å². The summed E-state index contributed by atoms with van der Waals surface area (Å²) in [6.45, 7) is 2.28. The number of fused-ring (bicyclic) bond motifs is 7. The van der Waals surface area contributed by atoms with Crippen molar-refractivity contribution in [1.29, 1.82) is 0 Å². The Morgan fingerprint density at radius 2 is 1.47 bits per heavy atom. The maximum atomic E-state index is 6.66. The summed E-state index contributed by atoms with van der Waals surface area (Å²) < 4.78 is 12.9. The molecule has 0 bridgehead atoms. The van der Waals surface area contributed by atoms with Crippen LogP contribution in [0.2, 0.25) is 6.55 Å². The fourth-order valence-electron chi connectivity index (χ4n) is 8.20. The summed E-state index contributed by atoms with van der Waals surface area (Å²) in [5.41, 5.74) is 14.0. The van der Waals surface area contributed by atoms with E-state index in [2.05, 4.69) is 157 Å². The lowest BCUT2D eigenvalue weighted by atomic mass is 9.83. The second-order valence-electron chi connectivity index (χ2n) is 13.6. The summed E-state index contributed by atoms with van der Waals surface area (Å²) in [4.78, 5) is 2.37. The lowest BCUT2D eigenvalue weighted by Gasteiger charge is -2.31. The Kier molecular flexibility index (Phi) is 7.17. The molecule has 2 unspecified atom stereocenters. The van der Waals surface area contributed by atoms with Gasteiger partial charge in [-0.25, -0.2) is 0 Å². The van der Waals surface area contributed by atoms with E-state index < -0.39 is 0 Å². The third-order valence-corrected chi connectivity index (χ3v) is 11.8. The van der Waals surface area contributed by atoms with Crippen molar-refractivity contribution in [3.63, 3.8) is 0 Å². The largest absolute Gasteiger partial charge is 0.484 e. The van der Waals surface area contributed by atoms with Crippen molar-refractivity contribution in [2.45, 2.75) is 31.4 Å². The minimum atomic E-state index is -0.0169. The van der Waals surface area contributed by atoms with Gasteiger partial charge in [-0.1, -0.05) is 109 Å². The Hall–Kier alpha value is -5.84. The molecular formula is C47H35NO2Si. The molecule has 51 heavy (non-hydrogen) atoms. The maximum absolute atomic E-state index is 6.66. The molecule has 4 heteroatoms. The zero-order valence-electron chi connectivity index (χ0n) is 28.3. The van der Waals surface area contributed by atoms with Crippen LogP contribution in [0.5, 0.6) is 5.75 Å². The number of anilines is 3. The Balaban J connectivity index is 1.08. The first kappa shape index (κ1) is 30.0. The number of ether oxygens (including phenoxy) is 1. The molecule has 6 aromatic carbocycles. The van der Waals surface area contributed by atoms with Crippen molar-refractivity contribution in [2.24, 2.45) is 0 Å². The fraction of sp³-hybridized carbons (Fsp3) is 0.106. The van der Waals surface area contributed by atoms with Gasteiger partial charge in [0.1, 0.15) is 23.0 Å². The maximum Gasteiger partial charge on any atom is 0.135 e. The summed E-state index contributed by atoms with van der Waals surface area (Å²) in [6, 6.07) is 48.3. The molecule has 3 nitrogen and oxygen atoms in total. The number of allylic oxidation sites excluding steroid dienone is 3. The highest BCUT2D eigenvalue weighted by atomic mass is 28.2. The Labute approximate surface area is 300 Å². The van der Waals surface area contributed by atoms with E-state index in [0.717, 1.165) is 57.6 Å². The first-order valence-corrected chi connectivity index (χ1v) is 19.3. The quantitative estimate of drug-likeness (QED) is 0.164. The van der Waals surface area contributed by atoms with Gasteiger partial charge in [-0.15, -0.1) is 0 Å². The van der Waals surface area contributed by atoms with Gasteiger partial charge in [0.25, 0.3) is 0 Å². The van der Waals surface area contributed by atoms with Crippen molar-refractivity contribution < 1.29 is 9.15 Å². The van der Waals surface area contributed by atoms with Gasteiger partial charge in [0.2, 0.25) is 0 Å². The van der Waals surface area contributed by atoms with Gasteiger partial charge in [-0.05, 0) is 101 Å². The zero-order chi connectivity index (χ0) is 33.9. The molecule has 7 aromatic rings. The normalized spacial score (nSPS) is 17.4. The molecule has 2 aliphatic carbocycles. The summed E-state index contributed by atoms with van der Waals surface area (Å²) in [5, 5.41) is 3.66. The van der Waals surface area contributed by atoms with Crippen LogP contribution in [-0.4, -0.2) is 15.6 Å². The van der Waals surface area contributed by atoms with E-state index in [-0.39, 0.29) is 12.0 Å². The molecule has 0 spiro atoms. The molecule has 1 aliphatic heterocycles. The first-order valence-electron chi connectivity index (χ1n) is 17.8. The summed E-state index contributed by atoms with van der Waals surface area (Å²) in [5.74, 6) is 1.14. The standard InChI is InChI=1S/C47H35NO2Si/c1-51-45-26-24-40-38-13-4-7-16-43(38)50-47(40)46(45)31-19-21-35(22-20-31)48(37-23-25-44-41(29-37)39-14-5-6-15-42(39)49-44)36-12-8-11-33(28-36)34-18-17-30-9-2-3-10-32(30)27-34/h3-8,10-29,46-47H,2,9H2,1H3. The number of para-hydroxylation sites is 2. The van der Waals surface area contributed by atoms with Crippen LogP contribution in [-0.2, 0) is 6.42 Å². The van der Waals surface area contributed by atoms with E-state index in [0.29, 0.717) is 9.52 Å². The van der Waals surface area contributed by atoms with Crippen molar-refractivity contribution in [2.75, 3.05) is 4.90 Å². The molecule has 0 amide bonds. The molecule has 1 aromatic heterocycles. The number of nitrogens with zero attached hydrogens (tertiary/aromatic N) is 1. The van der Waals surface area contributed by atoms with Crippen LogP contribution in [0.15, 0.2) is 161 Å². The molecule has 2 radical (unpaired) electrons. The van der Waals surface area contributed by atoms with Gasteiger partial charge >= 0.3 is 0 Å². The van der Waals surface area contributed by atoms with Gasteiger partial charge in [0.15, 0.2) is 0 Å². The predicted molar refractivity (Wildman–Crippen MR) is 212 cm³/mol. The molecule has 10 rings (SSSR count). The molecule has 0 saturated heterocycles. The molecule has 0 fully saturated rings. The van der Waals surface area contributed by atoms with Gasteiger partial charge in [0.05, 0.1) is 9.52 Å². The molecule has 2 heterocycles. The molecule has 244 valence electrons. The van der Waals surface area contributed by atoms with E-state index in [1.54, 1.807) is 0 Å². The number of rotatable bonds is 6. The SMILES string of the molecule is C[Si]C1=CC=C2c3ccccc3OC2C1c1ccc(N(c2cccc(-c3ccc4c(c3)C=CCC4)c2)c2ccc3oc4ccccc4c3c2)cc1. The number of hydrogen-bond donors (Lipinski definition) is 0. The number of furan rings is 1. The monoisotopic (exact) mass is 673 g/mol. The number of hydrogen-bond acceptors (Lipinski definition) is 3. The third-order valence-electron chi connectivity index (χ3n) is 10.7. The second kappa shape index (κ2) is 12.2. The molecule has 0 saturated carbocycles. The molecule has 3 aliphatic rings. The van der Waals surface area contributed by atoms with Gasteiger partial charge < -0.3 is 14.1 Å². The lowest BCUT2D eigenvalue weighted by Crippen LogP contribution is -2.28. The van der Waals surface area contributed by atoms with Gasteiger partial charge in [-0.3, -0.25) is 0 Å². The highest BCUT2D eigenvalue weighted by Crippen LogP contribution is 2.48. The fourth-order valence-corrected chi connectivity index (χ4v) is 9.07. The second-order valence-corrected chi connectivity index (χ2v) is 14.7. The van der Waals surface area contributed by atoms with Crippen LogP contribution in [0.1, 0.15) is 34.6 Å². The number of benzene rings is 6. The van der Waals surface area contributed by atoms with Crippen molar-refractivity contribution >= 4 is 60.2 Å². The smallest absolute Gasteiger partial charge is 0.135 e. The minimum absolute atomic E-state index is 0.0169. The number of aryl methyl sites for hydroxylation is 1. The van der Waals surface area contributed by atoms with Crippen molar-refractivity contribution in [1.82, 2.24) is 0 Å². The van der Waals surface area contributed by atoms with Gasteiger partial charge in [0, 0.05) is 44.9 Å². The van der Waals surface area contributed by atoms with E-state index in [1.165, 1.54) is 44.2 Å². The molecular weight excluding hydrogens is 639 g/mol. The highest BCUT2D eigenvalue weighted by Gasteiger charge is 2.39. The average Bonchev–Trinajstić information content (AvgIpc) is 3.76. The lowest BCUT2D eigenvalue weighted by molar-refractivity contribution is 0.256. The topological polar surface area (TPSA) is 25.6 Å². The van der Waals surface area contributed by atoms with Crippen molar-refractivity contribution in [3.05, 3.63) is 179 Å².